The van der Waals surface area contributed by atoms with Gasteiger partial charge in [0, 0.05) is 0 Å². The fourth-order valence-corrected chi connectivity index (χ4v) is 2.92. The van der Waals surface area contributed by atoms with E-state index in [0.29, 0.717) is 0 Å². The lowest BCUT2D eigenvalue weighted by atomic mass is 10.0. The largest absolute Gasteiger partial charge is 0.299 e. The maximum Gasteiger partial charge on any atom is 0.299 e. The zero-order chi connectivity index (χ0) is 14.4. The molecule has 0 unspecified atom stereocenters. The monoisotopic (exact) mass is 292 g/mol. The number of rotatable bonds is 3. The third-order valence-corrected chi connectivity index (χ3v) is 4.53. The van der Waals surface area contributed by atoms with E-state index in [0.717, 1.165) is 36.9 Å². The van der Waals surface area contributed by atoms with Gasteiger partial charge in [0.05, 0.1) is 10.6 Å². The number of hydrogen-bond donors (Lipinski definition) is 0. The number of nitrogens with zero attached hydrogens (tertiary/aromatic N) is 2. The van der Waals surface area contributed by atoms with Crippen molar-refractivity contribution in [2.45, 2.75) is 50.3 Å². The van der Waals surface area contributed by atoms with Crippen LogP contribution >= 0.6 is 0 Å². The Hall–Kier alpha value is -1.49. The Morgan fingerprint density at radius 3 is 2.45 bits per heavy atom. The van der Waals surface area contributed by atoms with E-state index in [4.69, 9.17) is 0 Å². The summed E-state index contributed by atoms with van der Waals surface area (Å²) in [5.74, 6) is 0. The van der Waals surface area contributed by atoms with Gasteiger partial charge in [0.25, 0.3) is 10.0 Å². The number of hydrogen-bond acceptors (Lipinski definition) is 3. The Bertz CT molecular complexity index is 601. The predicted octanol–water partition coefficient (Wildman–Crippen LogP) is 4.37. The third kappa shape index (κ3) is 4.27. The van der Waals surface area contributed by atoms with Gasteiger partial charge in [-0.2, -0.15) is 8.42 Å². The van der Waals surface area contributed by atoms with Gasteiger partial charge in [-0.05, 0) is 44.7 Å². The maximum absolute atomic E-state index is 12.1. The highest BCUT2D eigenvalue weighted by molar-refractivity contribution is 7.90. The first kappa shape index (κ1) is 14.9. The second kappa shape index (κ2) is 6.79. The molecule has 20 heavy (non-hydrogen) atoms. The normalized spacial score (nSPS) is 20.1. The van der Waals surface area contributed by atoms with Gasteiger partial charge in [-0.1, -0.05) is 41.1 Å². The Balaban J connectivity index is 2.14. The summed E-state index contributed by atoms with van der Waals surface area (Å²) in [6, 6.07) is 6.65. The van der Waals surface area contributed by atoms with Gasteiger partial charge in [-0.3, -0.25) is 0 Å². The van der Waals surface area contributed by atoms with Crippen molar-refractivity contribution in [3.8, 4) is 0 Å². The van der Waals surface area contributed by atoms with Crippen LogP contribution in [0.5, 0.6) is 0 Å². The molecular weight excluding hydrogens is 272 g/mol. The third-order valence-electron chi connectivity index (χ3n) is 3.36. The summed E-state index contributed by atoms with van der Waals surface area (Å²) in [7, 11) is -3.68. The molecule has 0 N–H and O–H groups in total. The molecule has 4 nitrogen and oxygen atoms in total. The first-order valence-electron chi connectivity index (χ1n) is 7.02. The van der Waals surface area contributed by atoms with Gasteiger partial charge in [0.15, 0.2) is 0 Å². The predicted molar refractivity (Wildman–Crippen MR) is 79.0 cm³/mol. The second-order valence-electron chi connectivity index (χ2n) is 5.12. The fraction of sp³-hybridized carbons (Fsp3) is 0.467. The molecule has 1 aliphatic carbocycles. The lowest BCUT2D eigenvalue weighted by molar-refractivity contribution is 0.593. The molecule has 1 aromatic carbocycles. The molecule has 0 radical (unpaired) electrons. The zero-order valence-electron chi connectivity index (χ0n) is 11.7. The number of sulfonamides is 1. The SMILES string of the molecule is Cc1ccc(S(=O)(=O)N=N/C2=C/CCCCCC2)cc1. The van der Waals surface area contributed by atoms with Gasteiger partial charge in [0.2, 0.25) is 0 Å². The van der Waals surface area contributed by atoms with Gasteiger partial charge < -0.3 is 0 Å². The number of aryl methyl sites for hydroxylation is 1. The molecule has 0 saturated heterocycles. The van der Waals surface area contributed by atoms with Crippen LogP contribution in [0.25, 0.3) is 0 Å². The lowest BCUT2D eigenvalue weighted by Gasteiger charge is -2.06. The second-order valence-corrected chi connectivity index (χ2v) is 6.70. The molecule has 0 heterocycles. The van der Waals surface area contributed by atoms with Crippen LogP contribution in [0.2, 0.25) is 0 Å². The van der Waals surface area contributed by atoms with Crippen molar-refractivity contribution in [1.29, 1.82) is 0 Å². The highest BCUT2D eigenvalue weighted by atomic mass is 32.2. The minimum absolute atomic E-state index is 0.193. The lowest BCUT2D eigenvalue weighted by Crippen LogP contribution is -1.96. The Morgan fingerprint density at radius 1 is 1.00 bits per heavy atom. The van der Waals surface area contributed by atoms with E-state index in [9.17, 15) is 8.42 Å². The van der Waals surface area contributed by atoms with Crippen molar-refractivity contribution in [3.05, 3.63) is 41.6 Å². The van der Waals surface area contributed by atoms with Crippen LogP contribution < -0.4 is 0 Å². The fourth-order valence-electron chi connectivity index (χ4n) is 2.13. The molecule has 1 aromatic rings. The van der Waals surface area contributed by atoms with Crippen LogP contribution in [0, 0.1) is 6.92 Å². The minimum atomic E-state index is -3.68. The highest BCUT2D eigenvalue weighted by Crippen LogP contribution is 2.20. The van der Waals surface area contributed by atoms with E-state index in [1.807, 2.05) is 13.0 Å². The summed E-state index contributed by atoms with van der Waals surface area (Å²) < 4.78 is 27.7. The van der Waals surface area contributed by atoms with Crippen molar-refractivity contribution >= 4 is 10.0 Å². The molecule has 0 fully saturated rings. The summed E-state index contributed by atoms with van der Waals surface area (Å²) in [5, 5.41) is 3.95. The van der Waals surface area contributed by atoms with Crippen LogP contribution in [0.3, 0.4) is 0 Å². The van der Waals surface area contributed by atoms with Crippen molar-refractivity contribution in [1.82, 2.24) is 0 Å². The van der Waals surface area contributed by atoms with Gasteiger partial charge >= 0.3 is 0 Å². The number of allylic oxidation sites excluding steroid dienone is 2. The van der Waals surface area contributed by atoms with Crippen LogP contribution in [-0.4, -0.2) is 8.42 Å². The van der Waals surface area contributed by atoms with E-state index in [1.165, 1.54) is 12.8 Å². The Morgan fingerprint density at radius 2 is 1.70 bits per heavy atom. The summed E-state index contributed by atoms with van der Waals surface area (Å²) in [6.07, 6.45) is 8.39. The van der Waals surface area contributed by atoms with E-state index in [-0.39, 0.29) is 4.90 Å². The molecule has 2 rings (SSSR count). The Kier molecular flexibility index (Phi) is 5.06. The van der Waals surface area contributed by atoms with Crippen molar-refractivity contribution in [3.63, 3.8) is 0 Å². The molecule has 0 bridgehead atoms. The van der Waals surface area contributed by atoms with Gasteiger partial charge in [-0.25, -0.2) is 0 Å². The van der Waals surface area contributed by atoms with Crippen LogP contribution in [0.15, 0.2) is 50.6 Å². The highest BCUT2D eigenvalue weighted by Gasteiger charge is 2.12. The van der Waals surface area contributed by atoms with Crippen LogP contribution in [-0.2, 0) is 10.0 Å². The van der Waals surface area contributed by atoms with Crippen molar-refractivity contribution in [2.24, 2.45) is 9.63 Å². The quantitative estimate of drug-likeness (QED) is 0.776. The maximum atomic E-state index is 12.1. The summed E-state index contributed by atoms with van der Waals surface area (Å²) in [5.41, 5.74) is 1.81. The minimum Gasteiger partial charge on any atom is -0.198 e. The van der Waals surface area contributed by atoms with Crippen molar-refractivity contribution in [2.75, 3.05) is 0 Å². The molecule has 108 valence electrons. The van der Waals surface area contributed by atoms with E-state index >= 15 is 0 Å². The molecular formula is C15H20N2O2S. The molecule has 0 saturated carbocycles. The smallest absolute Gasteiger partial charge is 0.198 e. The average Bonchev–Trinajstić information content (AvgIpc) is 2.38. The molecule has 0 aliphatic heterocycles. The summed E-state index contributed by atoms with van der Waals surface area (Å²) in [6.45, 7) is 1.91. The zero-order valence-corrected chi connectivity index (χ0v) is 12.6. The molecule has 0 amide bonds. The van der Waals surface area contributed by atoms with Crippen LogP contribution in [0.1, 0.15) is 44.1 Å². The molecule has 0 atom stereocenters. The first-order chi connectivity index (χ1) is 9.58. The van der Waals surface area contributed by atoms with Gasteiger partial charge in [0.1, 0.15) is 0 Å². The number of benzene rings is 1. The average molecular weight is 292 g/mol. The topological polar surface area (TPSA) is 58.9 Å². The molecule has 0 aromatic heterocycles. The van der Waals surface area contributed by atoms with E-state index in [2.05, 4.69) is 9.63 Å². The standard InChI is InChI=1S/C15H20N2O2S/c1-13-9-11-15(12-10-13)20(18,19)17-16-14-7-5-3-2-4-6-8-14/h7,9-12H,2-6,8H2,1H3/b14-7+,17-16?. The summed E-state index contributed by atoms with van der Waals surface area (Å²) >= 11 is 0. The molecule has 0 spiro atoms. The van der Waals surface area contributed by atoms with E-state index < -0.39 is 10.0 Å². The van der Waals surface area contributed by atoms with E-state index in [1.54, 1.807) is 24.3 Å². The summed E-state index contributed by atoms with van der Waals surface area (Å²) in [4.78, 5) is 0.193. The van der Waals surface area contributed by atoms with Crippen molar-refractivity contribution < 1.29 is 8.42 Å². The molecule has 1 aliphatic rings. The van der Waals surface area contributed by atoms with Gasteiger partial charge in [-0.15, -0.1) is 5.11 Å². The Labute approximate surface area is 120 Å². The first-order valence-corrected chi connectivity index (χ1v) is 8.46. The van der Waals surface area contributed by atoms with Crippen LogP contribution in [0.4, 0.5) is 0 Å². The molecule has 5 heteroatoms.